The van der Waals surface area contributed by atoms with Gasteiger partial charge in [-0.1, -0.05) is 18.2 Å². The van der Waals surface area contributed by atoms with Gasteiger partial charge in [0.2, 0.25) is 0 Å². The Morgan fingerprint density at radius 2 is 2.08 bits per heavy atom. The molecule has 13 heavy (non-hydrogen) atoms. The first-order valence-electron chi connectivity index (χ1n) is 4.40. The van der Waals surface area contributed by atoms with Crippen LogP contribution in [0, 0.1) is 5.53 Å². The second kappa shape index (κ2) is 3.24. The number of hydrogen-bond donors (Lipinski definition) is 2. The Hall–Kier alpha value is -1.26. The summed E-state index contributed by atoms with van der Waals surface area (Å²) in [6.45, 7) is 2.53. The van der Waals surface area contributed by atoms with Crippen molar-refractivity contribution >= 4 is 5.69 Å². The molecule has 1 fully saturated rings. The zero-order valence-corrected chi connectivity index (χ0v) is 7.40. The van der Waals surface area contributed by atoms with E-state index < -0.39 is 0 Å². The number of rotatable bonds is 2. The van der Waals surface area contributed by atoms with Gasteiger partial charge in [0.25, 0.3) is 0 Å². The highest BCUT2D eigenvalue weighted by molar-refractivity contribution is 5.41. The monoisotopic (exact) mass is 177 g/mol. The lowest BCUT2D eigenvalue weighted by Gasteiger charge is -2.22. The van der Waals surface area contributed by atoms with Crippen LogP contribution < -0.4 is 9.91 Å². The molecule has 1 aromatic rings. The minimum atomic E-state index is 0.390. The number of nitrogens with zero attached hydrogens (tertiary/aromatic N) is 2. The molecule has 1 aliphatic heterocycles. The summed E-state index contributed by atoms with van der Waals surface area (Å²) in [7, 11) is 0. The fourth-order valence-electron chi connectivity index (χ4n) is 1.68. The lowest BCUT2D eigenvalue weighted by atomic mass is 10.3. The molecule has 1 aromatic carbocycles. The normalized spacial score (nSPS) is 27.4. The summed E-state index contributed by atoms with van der Waals surface area (Å²) in [6.07, 6.45) is 0. The smallest absolute Gasteiger partial charge is 0.163 e. The third-order valence-corrected chi connectivity index (χ3v) is 2.46. The highest BCUT2D eigenvalue weighted by atomic mass is 15.7. The second-order valence-corrected chi connectivity index (χ2v) is 3.24. The molecule has 0 radical (unpaired) electrons. The molecule has 0 aromatic heterocycles. The number of para-hydroxylation sites is 1. The molecule has 1 heterocycles. The van der Waals surface area contributed by atoms with E-state index in [-0.39, 0.29) is 0 Å². The second-order valence-electron chi connectivity index (χ2n) is 3.24. The first-order valence-corrected chi connectivity index (χ1v) is 4.40. The summed E-state index contributed by atoms with van der Waals surface area (Å²) in [5.41, 5.74) is 8.33. The molecule has 68 valence electrons. The SMILES string of the molecule is N=N[N+]1(c2ccccc2)CCNC1. The van der Waals surface area contributed by atoms with Gasteiger partial charge in [-0.3, -0.25) is 5.32 Å². The Bertz CT molecular complexity index is 290. The van der Waals surface area contributed by atoms with Crippen molar-refractivity contribution in [3.63, 3.8) is 0 Å². The molecule has 1 saturated heterocycles. The van der Waals surface area contributed by atoms with Crippen molar-refractivity contribution in [2.75, 3.05) is 19.8 Å². The van der Waals surface area contributed by atoms with E-state index in [9.17, 15) is 0 Å². The van der Waals surface area contributed by atoms with Gasteiger partial charge in [0, 0.05) is 17.4 Å². The van der Waals surface area contributed by atoms with Gasteiger partial charge in [0.1, 0.15) is 6.54 Å². The summed E-state index contributed by atoms with van der Waals surface area (Å²) in [6, 6.07) is 9.99. The van der Waals surface area contributed by atoms with Crippen LogP contribution in [-0.2, 0) is 0 Å². The van der Waals surface area contributed by atoms with Gasteiger partial charge in [-0.15, -0.1) is 4.59 Å². The van der Waals surface area contributed by atoms with Crippen LogP contribution >= 0.6 is 0 Å². The molecule has 1 unspecified atom stereocenters. The van der Waals surface area contributed by atoms with Gasteiger partial charge in [0.15, 0.2) is 12.4 Å². The van der Waals surface area contributed by atoms with Crippen molar-refractivity contribution in [2.45, 2.75) is 0 Å². The fourth-order valence-corrected chi connectivity index (χ4v) is 1.68. The van der Waals surface area contributed by atoms with Crippen molar-refractivity contribution in [1.82, 2.24) is 9.91 Å². The molecular formula is C9H13N4+. The number of hydrogen-bond acceptors (Lipinski definition) is 3. The standard InChI is InChI=1S/C9H13N4/c10-12-13(7-6-11-8-13)9-4-2-1-3-5-9/h1-5,10-11H,6-8H2/q+1. The van der Waals surface area contributed by atoms with Crippen molar-refractivity contribution in [2.24, 2.45) is 5.22 Å². The van der Waals surface area contributed by atoms with E-state index in [1.807, 2.05) is 30.3 Å². The molecule has 4 nitrogen and oxygen atoms in total. The number of quaternary nitrogens is 1. The minimum Gasteiger partial charge on any atom is -0.262 e. The molecule has 1 aliphatic rings. The average Bonchev–Trinajstić information content (AvgIpc) is 2.69. The Labute approximate surface area is 77.2 Å². The number of nitrogens with one attached hydrogen (secondary N) is 2. The molecule has 0 saturated carbocycles. The summed E-state index contributed by atoms with van der Waals surface area (Å²) >= 11 is 0. The minimum absolute atomic E-state index is 0.390. The zero-order chi connectivity index (χ0) is 9.15. The molecule has 0 bridgehead atoms. The van der Waals surface area contributed by atoms with Crippen LogP contribution in [0.4, 0.5) is 5.69 Å². The Morgan fingerprint density at radius 3 is 2.62 bits per heavy atom. The topological polar surface area (TPSA) is 48.2 Å². The molecule has 2 rings (SSSR count). The first-order chi connectivity index (χ1) is 6.37. The fraction of sp³-hybridized carbons (Fsp3) is 0.333. The molecule has 4 heteroatoms. The van der Waals surface area contributed by atoms with Gasteiger partial charge in [-0.05, 0) is 0 Å². The molecule has 2 N–H and O–H groups in total. The van der Waals surface area contributed by atoms with Gasteiger partial charge >= 0.3 is 0 Å². The first kappa shape index (κ1) is 8.34. The summed E-state index contributed by atoms with van der Waals surface area (Å²) in [4.78, 5) is 0. The maximum Gasteiger partial charge on any atom is 0.163 e. The van der Waals surface area contributed by atoms with E-state index in [0.29, 0.717) is 4.59 Å². The Morgan fingerprint density at radius 1 is 1.31 bits per heavy atom. The van der Waals surface area contributed by atoms with Crippen LogP contribution in [-0.4, -0.2) is 19.8 Å². The molecule has 1 atom stereocenters. The van der Waals surface area contributed by atoms with Crippen LogP contribution in [0.15, 0.2) is 35.6 Å². The van der Waals surface area contributed by atoms with Gasteiger partial charge < -0.3 is 0 Å². The maximum absolute atomic E-state index is 7.24. The van der Waals surface area contributed by atoms with Crippen LogP contribution in [0.5, 0.6) is 0 Å². The molecule has 0 spiro atoms. The van der Waals surface area contributed by atoms with Gasteiger partial charge in [0.05, 0.1) is 6.54 Å². The van der Waals surface area contributed by atoms with Crippen molar-refractivity contribution in [3.05, 3.63) is 30.3 Å². The van der Waals surface area contributed by atoms with Crippen LogP contribution in [0.2, 0.25) is 0 Å². The predicted molar refractivity (Wildman–Crippen MR) is 51.1 cm³/mol. The van der Waals surface area contributed by atoms with E-state index in [1.165, 1.54) is 0 Å². The zero-order valence-electron chi connectivity index (χ0n) is 7.40. The molecule has 0 amide bonds. The summed E-state index contributed by atoms with van der Waals surface area (Å²) < 4.78 is 0.390. The van der Waals surface area contributed by atoms with Gasteiger partial charge in [-0.25, -0.2) is 0 Å². The highest BCUT2D eigenvalue weighted by Gasteiger charge is 2.35. The lowest BCUT2D eigenvalue weighted by molar-refractivity contribution is 0.315. The number of benzene rings is 1. The van der Waals surface area contributed by atoms with E-state index in [4.69, 9.17) is 5.53 Å². The van der Waals surface area contributed by atoms with E-state index >= 15 is 0 Å². The van der Waals surface area contributed by atoms with Crippen LogP contribution in [0.25, 0.3) is 0 Å². The largest absolute Gasteiger partial charge is 0.262 e. The molecular weight excluding hydrogens is 164 g/mol. The maximum atomic E-state index is 7.24. The van der Waals surface area contributed by atoms with E-state index in [1.54, 1.807) is 0 Å². The highest BCUT2D eigenvalue weighted by Crippen LogP contribution is 2.24. The van der Waals surface area contributed by atoms with Crippen molar-refractivity contribution < 1.29 is 0 Å². The quantitative estimate of drug-likeness (QED) is 0.522. The molecule has 0 aliphatic carbocycles. The van der Waals surface area contributed by atoms with Crippen LogP contribution in [0.1, 0.15) is 0 Å². The van der Waals surface area contributed by atoms with Crippen LogP contribution in [0.3, 0.4) is 0 Å². The van der Waals surface area contributed by atoms with E-state index in [0.717, 1.165) is 25.4 Å². The summed E-state index contributed by atoms with van der Waals surface area (Å²) in [5, 5.41) is 6.94. The predicted octanol–water partition coefficient (Wildman–Crippen LogP) is 1.50. The van der Waals surface area contributed by atoms with Gasteiger partial charge in [-0.2, -0.15) is 5.53 Å². The third kappa shape index (κ3) is 1.34. The van der Waals surface area contributed by atoms with Crippen molar-refractivity contribution in [1.29, 1.82) is 5.53 Å². The third-order valence-electron chi connectivity index (χ3n) is 2.46. The Kier molecular flexibility index (Phi) is 2.08. The van der Waals surface area contributed by atoms with E-state index in [2.05, 4.69) is 10.5 Å². The van der Waals surface area contributed by atoms with Crippen molar-refractivity contribution in [3.8, 4) is 0 Å². The summed E-state index contributed by atoms with van der Waals surface area (Å²) in [5.74, 6) is 0. The lowest BCUT2D eigenvalue weighted by Crippen LogP contribution is -2.41. The Balaban J connectivity index is 2.36. The average molecular weight is 177 g/mol.